The number of rotatable bonds is 6. The summed E-state index contributed by atoms with van der Waals surface area (Å²) in [5.74, 6) is 1.01. The second-order valence-corrected chi connectivity index (χ2v) is 6.85. The van der Waals surface area contributed by atoms with Gasteiger partial charge in [-0.15, -0.1) is 0 Å². The van der Waals surface area contributed by atoms with Crippen molar-refractivity contribution in [1.82, 2.24) is 10.3 Å². The summed E-state index contributed by atoms with van der Waals surface area (Å²) in [5.41, 5.74) is 2.99. The molecular weight excluding hydrogens is 371 g/mol. The molecule has 134 valence electrons. The molecular formula is C20H18Cl2N2O2. The highest BCUT2D eigenvalue weighted by Crippen LogP contribution is 2.30. The minimum absolute atomic E-state index is 0.0464. The third kappa shape index (κ3) is 4.87. The summed E-state index contributed by atoms with van der Waals surface area (Å²) in [6, 6.07) is 13.2. The van der Waals surface area contributed by atoms with E-state index in [0.717, 1.165) is 11.1 Å². The van der Waals surface area contributed by atoms with E-state index in [0.29, 0.717) is 41.1 Å². The van der Waals surface area contributed by atoms with E-state index in [2.05, 4.69) is 10.3 Å². The molecule has 0 bridgehead atoms. The third-order valence-electron chi connectivity index (χ3n) is 3.93. The van der Waals surface area contributed by atoms with Crippen molar-refractivity contribution in [1.29, 1.82) is 0 Å². The van der Waals surface area contributed by atoms with E-state index < -0.39 is 0 Å². The van der Waals surface area contributed by atoms with Gasteiger partial charge in [0.25, 0.3) is 0 Å². The fourth-order valence-corrected chi connectivity index (χ4v) is 2.96. The first kappa shape index (κ1) is 18.5. The molecule has 0 unspecified atom stereocenters. The Morgan fingerprint density at radius 3 is 2.65 bits per heavy atom. The van der Waals surface area contributed by atoms with Crippen LogP contribution in [0.5, 0.6) is 0 Å². The Balaban J connectivity index is 1.52. The number of carbonyl (C=O) groups excluding carboxylic acids is 1. The molecule has 0 fully saturated rings. The van der Waals surface area contributed by atoms with E-state index >= 15 is 0 Å². The number of nitrogens with one attached hydrogen (secondary N) is 1. The normalized spacial score (nSPS) is 10.7. The highest BCUT2D eigenvalue weighted by molar-refractivity contribution is 6.36. The quantitative estimate of drug-likeness (QED) is 0.630. The number of amides is 1. The van der Waals surface area contributed by atoms with Gasteiger partial charge in [0, 0.05) is 30.0 Å². The second kappa shape index (κ2) is 8.39. The SMILES string of the molecule is Cc1ccc(CNC(=O)CCc2ncc(-c3ccc(Cl)cc3Cl)o2)cc1. The molecule has 0 atom stereocenters. The van der Waals surface area contributed by atoms with E-state index in [9.17, 15) is 4.79 Å². The summed E-state index contributed by atoms with van der Waals surface area (Å²) in [4.78, 5) is 16.2. The average Bonchev–Trinajstić information content (AvgIpc) is 3.08. The number of nitrogens with zero attached hydrogens (tertiary/aromatic N) is 1. The van der Waals surface area contributed by atoms with Crippen molar-refractivity contribution in [2.45, 2.75) is 26.3 Å². The highest BCUT2D eigenvalue weighted by atomic mass is 35.5. The van der Waals surface area contributed by atoms with Crippen molar-refractivity contribution >= 4 is 29.1 Å². The number of oxazole rings is 1. The summed E-state index contributed by atoms with van der Waals surface area (Å²) in [6.07, 6.45) is 2.33. The lowest BCUT2D eigenvalue weighted by molar-refractivity contribution is -0.121. The number of halogens is 2. The van der Waals surface area contributed by atoms with Crippen LogP contribution in [-0.4, -0.2) is 10.9 Å². The molecule has 1 aromatic heterocycles. The van der Waals surface area contributed by atoms with E-state index in [1.54, 1.807) is 24.4 Å². The average molecular weight is 389 g/mol. The summed E-state index contributed by atoms with van der Waals surface area (Å²) in [6.45, 7) is 2.54. The van der Waals surface area contributed by atoms with Gasteiger partial charge in [0.2, 0.25) is 5.91 Å². The van der Waals surface area contributed by atoms with Crippen molar-refractivity contribution in [2.75, 3.05) is 0 Å². The number of carbonyl (C=O) groups is 1. The number of aromatic nitrogens is 1. The summed E-state index contributed by atoms with van der Waals surface area (Å²) < 4.78 is 5.70. The van der Waals surface area contributed by atoms with Crippen molar-refractivity contribution in [3.63, 3.8) is 0 Å². The van der Waals surface area contributed by atoms with E-state index in [4.69, 9.17) is 27.6 Å². The van der Waals surface area contributed by atoms with Crippen molar-refractivity contribution in [3.8, 4) is 11.3 Å². The third-order valence-corrected chi connectivity index (χ3v) is 4.47. The topological polar surface area (TPSA) is 55.1 Å². The summed E-state index contributed by atoms with van der Waals surface area (Å²) >= 11 is 12.1. The molecule has 2 aromatic carbocycles. The molecule has 0 radical (unpaired) electrons. The van der Waals surface area contributed by atoms with Gasteiger partial charge in [0.15, 0.2) is 11.7 Å². The number of benzene rings is 2. The predicted molar refractivity (Wildman–Crippen MR) is 103 cm³/mol. The molecule has 1 amide bonds. The van der Waals surface area contributed by atoms with Crippen molar-refractivity contribution in [3.05, 3.63) is 75.7 Å². The van der Waals surface area contributed by atoms with Gasteiger partial charge in [-0.25, -0.2) is 4.98 Å². The predicted octanol–water partition coefficient (Wildman–Crippen LogP) is 5.21. The standard InChI is InChI=1S/C20H18Cl2N2O2/c1-13-2-4-14(5-3-13)11-23-19(25)8-9-20-24-12-18(26-20)16-7-6-15(21)10-17(16)22/h2-7,10,12H,8-9,11H2,1H3,(H,23,25). The molecule has 0 aliphatic heterocycles. The largest absolute Gasteiger partial charge is 0.441 e. The van der Waals surface area contributed by atoms with Gasteiger partial charge in [0.05, 0.1) is 11.2 Å². The van der Waals surface area contributed by atoms with Gasteiger partial charge >= 0.3 is 0 Å². The monoisotopic (exact) mass is 388 g/mol. The fraction of sp³-hybridized carbons (Fsp3) is 0.200. The van der Waals surface area contributed by atoms with E-state index in [-0.39, 0.29) is 5.91 Å². The second-order valence-electron chi connectivity index (χ2n) is 6.00. The first-order valence-corrected chi connectivity index (χ1v) is 8.99. The van der Waals surface area contributed by atoms with Crippen LogP contribution in [0.2, 0.25) is 10.0 Å². The lowest BCUT2D eigenvalue weighted by Gasteiger charge is -2.05. The Morgan fingerprint density at radius 2 is 1.92 bits per heavy atom. The Kier molecular flexibility index (Phi) is 5.96. The lowest BCUT2D eigenvalue weighted by Crippen LogP contribution is -2.23. The molecule has 1 N–H and O–H groups in total. The van der Waals surface area contributed by atoms with Crippen molar-refractivity contribution in [2.24, 2.45) is 0 Å². The molecule has 0 saturated heterocycles. The van der Waals surface area contributed by atoms with Crippen LogP contribution in [0.1, 0.15) is 23.4 Å². The van der Waals surface area contributed by atoms with Crippen LogP contribution >= 0.6 is 23.2 Å². The Bertz CT molecular complexity index is 904. The molecule has 0 saturated carbocycles. The first-order valence-electron chi connectivity index (χ1n) is 8.23. The van der Waals surface area contributed by atoms with Crippen LogP contribution in [0, 0.1) is 6.92 Å². The molecule has 3 aromatic rings. The van der Waals surface area contributed by atoms with Gasteiger partial charge in [-0.2, -0.15) is 0 Å². The van der Waals surface area contributed by atoms with Gasteiger partial charge in [0.1, 0.15) is 0 Å². The molecule has 0 spiro atoms. The van der Waals surface area contributed by atoms with Gasteiger partial charge < -0.3 is 9.73 Å². The zero-order valence-corrected chi connectivity index (χ0v) is 15.8. The Labute approximate surface area is 162 Å². The van der Waals surface area contributed by atoms with Crippen LogP contribution in [0.3, 0.4) is 0 Å². The maximum atomic E-state index is 12.0. The maximum absolute atomic E-state index is 12.0. The van der Waals surface area contributed by atoms with Crippen molar-refractivity contribution < 1.29 is 9.21 Å². The molecule has 4 nitrogen and oxygen atoms in total. The Hall–Kier alpha value is -2.30. The van der Waals surface area contributed by atoms with Gasteiger partial charge in [-0.05, 0) is 30.7 Å². The van der Waals surface area contributed by atoms with Crippen LogP contribution < -0.4 is 5.32 Å². The molecule has 6 heteroatoms. The summed E-state index contributed by atoms with van der Waals surface area (Å²) in [7, 11) is 0. The zero-order chi connectivity index (χ0) is 18.5. The van der Waals surface area contributed by atoms with E-state index in [1.165, 1.54) is 5.56 Å². The van der Waals surface area contributed by atoms with E-state index in [1.807, 2.05) is 31.2 Å². The van der Waals surface area contributed by atoms with Crippen LogP contribution in [0.25, 0.3) is 11.3 Å². The smallest absolute Gasteiger partial charge is 0.220 e. The minimum atomic E-state index is -0.0464. The lowest BCUT2D eigenvalue weighted by atomic mass is 10.1. The minimum Gasteiger partial charge on any atom is -0.441 e. The van der Waals surface area contributed by atoms with Crippen LogP contribution in [0.15, 0.2) is 53.1 Å². The molecule has 26 heavy (non-hydrogen) atoms. The van der Waals surface area contributed by atoms with Crippen LogP contribution in [-0.2, 0) is 17.8 Å². The number of aryl methyl sites for hydroxylation is 2. The number of hydrogen-bond donors (Lipinski definition) is 1. The van der Waals surface area contributed by atoms with Gasteiger partial charge in [-0.3, -0.25) is 4.79 Å². The van der Waals surface area contributed by atoms with Gasteiger partial charge in [-0.1, -0.05) is 53.0 Å². The summed E-state index contributed by atoms with van der Waals surface area (Å²) in [5, 5.41) is 3.95. The fourth-order valence-electron chi connectivity index (χ4n) is 2.46. The highest BCUT2D eigenvalue weighted by Gasteiger charge is 2.11. The first-order chi connectivity index (χ1) is 12.5. The number of hydrogen-bond acceptors (Lipinski definition) is 3. The zero-order valence-electron chi connectivity index (χ0n) is 14.3. The van der Waals surface area contributed by atoms with Crippen LogP contribution in [0.4, 0.5) is 0 Å². The molecule has 3 rings (SSSR count). The Morgan fingerprint density at radius 1 is 1.15 bits per heavy atom. The molecule has 0 aliphatic rings. The molecule has 0 aliphatic carbocycles. The molecule has 1 heterocycles. The maximum Gasteiger partial charge on any atom is 0.220 e.